The Balaban J connectivity index is 0.000000207. The summed E-state index contributed by atoms with van der Waals surface area (Å²) in [5.74, 6) is -0.292. The zero-order valence-electron chi connectivity index (χ0n) is 18.3. The number of carbonyl (C=O) groups is 1. The summed E-state index contributed by atoms with van der Waals surface area (Å²) < 4.78 is 5.81. The number of thioether (sulfide) groups is 1. The summed E-state index contributed by atoms with van der Waals surface area (Å²) in [5, 5.41) is 8.76. The summed E-state index contributed by atoms with van der Waals surface area (Å²) in [6, 6.07) is 15.4. The minimum Gasteiger partial charge on any atom is -0.494 e. The number of aromatic carboxylic acids is 1. The monoisotopic (exact) mass is 414 g/mol. The molecule has 1 aliphatic rings. The van der Waals surface area contributed by atoms with E-state index in [1.54, 1.807) is 24.3 Å². The van der Waals surface area contributed by atoms with E-state index in [0.29, 0.717) is 22.5 Å². The Hall–Kier alpha value is -1.94. The number of unbranched alkanes of at least 4 members (excludes halogenated alkanes) is 2. The maximum absolute atomic E-state index is 10.7. The lowest BCUT2D eigenvalue weighted by molar-refractivity contribution is 0.0696. The first-order valence-electron chi connectivity index (χ1n) is 10.4. The highest BCUT2D eigenvalue weighted by Gasteiger charge is 2.37. The van der Waals surface area contributed by atoms with Gasteiger partial charge in [-0.15, -0.1) is 11.8 Å². The molecule has 0 bridgehead atoms. The van der Waals surface area contributed by atoms with Crippen LogP contribution in [0.3, 0.4) is 0 Å². The predicted molar refractivity (Wildman–Crippen MR) is 122 cm³/mol. The van der Waals surface area contributed by atoms with E-state index in [1.807, 2.05) is 11.8 Å². The van der Waals surface area contributed by atoms with Gasteiger partial charge >= 0.3 is 5.97 Å². The summed E-state index contributed by atoms with van der Waals surface area (Å²) in [5.41, 5.74) is 2.11. The summed E-state index contributed by atoms with van der Waals surface area (Å²) in [6.07, 6.45) is 4.55. The zero-order chi connectivity index (χ0) is 21.5. The molecule has 4 heteroatoms. The van der Waals surface area contributed by atoms with Gasteiger partial charge < -0.3 is 9.84 Å². The van der Waals surface area contributed by atoms with Crippen molar-refractivity contribution in [3.05, 3.63) is 59.7 Å². The first-order chi connectivity index (χ1) is 13.6. The van der Waals surface area contributed by atoms with Crippen molar-refractivity contribution in [3.8, 4) is 5.75 Å². The first kappa shape index (κ1) is 23.3. The van der Waals surface area contributed by atoms with E-state index in [2.05, 4.69) is 58.9 Å². The SMILES string of the molecule is CC1(C)CC(C)(C)c2ccccc2S1.CCCCCOc1cccc(C(=O)O)c1. The van der Waals surface area contributed by atoms with Crippen molar-refractivity contribution in [3.63, 3.8) is 0 Å². The fourth-order valence-electron chi connectivity index (χ4n) is 3.87. The van der Waals surface area contributed by atoms with E-state index in [-0.39, 0.29) is 5.56 Å². The molecule has 1 heterocycles. The number of ether oxygens (including phenoxy) is 1. The van der Waals surface area contributed by atoms with Gasteiger partial charge in [0.1, 0.15) is 5.75 Å². The molecule has 0 fully saturated rings. The normalized spacial score (nSPS) is 16.2. The fourth-order valence-corrected chi connectivity index (χ4v) is 5.50. The first-order valence-corrected chi connectivity index (χ1v) is 11.2. The van der Waals surface area contributed by atoms with Gasteiger partial charge in [0, 0.05) is 9.64 Å². The van der Waals surface area contributed by atoms with Crippen LogP contribution in [0.1, 0.15) is 76.2 Å². The van der Waals surface area contributed by atoms with Crippen LogP contribution in [0.15, 0.2) is 53.4 Å². The standard InChI is InChI=1S/C13H18S.C12H16O3/c1-12(2)9-13(3,4)14-11-8-6-5-7-10(11)12;1-2-3-4-8-15-11-7-5-6-10(9-11)12(13)14/h5-8H,9H2,1-4H3;5-7,9H,2-4,8H2,1H3,(H,13,14). The van der Waals surface area contributed by atoms with Gasteiger partial charge in [-0.1, -0.05) is 71.7 Å². The summed E-state index contributed by atoms with van der Waals surface area (Å²) >= 11 is 2.02. The summed E-state index contributed by atoms with van der Waals surface area (Å²) in [6.45, 7) is 12.2. The molecule has 0 aliphatic carbocycles. The van der Waals surface area contributed by atoms with Crippen LogP contribution in [0.25, 0.3) is 0 Å². The van der Waals surface area contributed by atoms with E-state index in [9.17, 15) is 4.79 Å². The fraction of sp³-hybridized carbons (Fsp3) is 0.480. The number of carboxylic acids is 1. The van der Waals surface area contributed by atoms with Gasteiger partial charge in [-0.3, -0.25) is 0 Å². The van der Waals surface area contributed by atoms with Crippen molar-refractivity contribution in [2.75, 3.05) is 6.61 Å². The molecule has 0 saturated carbocycles. The van der Waals surface area contributed by atoms with Crippen molar-refractivity contribution in [2.45, 2.75) is 75.4 Å². The summed E-state index contributed by atoms with van der Waals surface area (Å²) in [4.78, 5) is 12.1. The van der Waals surface area contributed by atoms with Crippen molar-refractivity contribution in [1.82, 2.24) is 0 Å². The molecule has 0 radical (unpaired) electrons. The van der Waals surface area contributed by atoms with E-state index in [1.165, 1.54) is 16.9 Å². The smallest absolute Gasteiger partial charge is 0.335 e. The topological polar surface area (TPSA) is 46.5 Å². The average Bonchev–Trinajstić information content (AvgIpc) is 2.64. The third-order valence-electron chi connectivity index (χ3n) is 4.97. The Morgan fingerprint density at radius 3 is 2.48 bits per heavy atom. The van der Waals surface area contributed by atoms with Crippen LogP contribution in [0.4, 0.5) is 0 Å². The second-order valence-electron chi connectivity index (χ2n) is 8.81. The third kappa shape index (κ3) is 7.11. The number of carboxylic acid groups (broad SMARTS) is 1. The molecule has 1 N–H and O–H groups in total. The van der Waals surface area contributed by atoms with Crippen LogP contribution in [0.2, 0.25) is 0 Å². The van der Waals surface area contributed by atoms with E-state index >= 15 is 0 Å². The lowest BCUT2D eigenvalue weighted by Crippen LogP contribution is -2.33. The Labute approximate surface area is 179 Å². The van der Waals surface area contributed by atoms with E-state index in [4.69, 9.17) is 9.84 Å². The van der Waals surface area contributed by atoms with Gasteiger partial charge in [0.05, 0.1) is 12.2 Å². The molecule has 2 aromatic rings. The number of benzene rings is 2. The molecule has 2 aromatic carbocycles. The lowest BCUT2D eigenvalue weighted by Gasteiger charge is -2.41. The molecule has 0 aromatic heterocycles. The third-order valence-corrected chi connectivity index (χ3v) is 6.24. The molecule has 0 saturated heterocycles. The lowest BCUT2D eigenvalue weighted by atomic mass is 9.77. The highest BCUT2D eigenvalue weighted by Crippen LogP contribution is 2.50. The van der Waals surface area contributed by atoms with Crippen molar-refractivity contribution < 1.29 is 14.6 Å². The molecule has 158 valence electrons. The maximum atomic E-state index is 10.7. The van der Waals surface area contributed by atoms with Gasteiger partial charge in [-0.05, 0) is 48.1 Å². The number of hydrogen-bond acceptors (Lipinski definition) is 3. The second kappa shape index (κ2) is 10.2. The van der Waals surface area contributed by atoms with Gasteiger partial charge in [-0.25, -0.2) is 4.79 Å². The molecule has 29 heavy (non-hydrogen) atoms. The molecule has 3 rings (SSSR count). The van der Waals surface area contributed by atoms with Gasteiger partial charge in [-0.2, -0.15) is 0 Å². The van der Waals surface area contributed by atoms with Crippen molar-refractivity contribution >= 4 is 17.7 Å². The van der Waals surface area contributed by atoms with E-state index in [0.717, 1.165) is 19.3 Å². The van der Waals surface area contributed by atoms with E-state index < -0.39 is 5.97 Å². The van der Waals surface area contributed by atoms with Crippen LogP contribution >= 0.6 is 11.8 Å². The second-order valence-corrected chi connectivity index (χ2v) is 10.6. The zero-order valence-corrected chi connectivity index (χ0v) is 19.1. The highest BCUT2D eigenvalue weighted by atomic mass is 32.2. The van der Waals surface area contributed by atoms with Crippen molar-refractivity contribution in [1.29, 1.82) is 0 Å². The average molecular weight is 415 g/mol. The van der Waals surface area contributed by atoms with Gasteiger partial charge in [0.25, 0.3) is 0 Å². The maximum Gasteiger partial charge on any atom is 0.335 e. The number of fused-ring (bicyclic) bond motifs is 1. The van der Waals surface area contributed by atoms with Crippen LogP contribution in [-0.2, 0) is 5.41 Å². The number of rotatable bonds is 6. The highest BCUT2D eigenvalue weighted by molar-refractivity contribution is 8.00. The Morgan fingerprint density at radius 2 is 1.79 bits per heavy atom. The van der Waals surface area contributed by atoms with Gasteiger partial charge in [0.2, 0.25) is 0 Å². The minimum absolute atomic E-state index is 0.267. The van der Waals surface area contributed by atoms with Crippen LogP contribution in [0, 0.1) is 0 Å². The Kier molecular flexibility index (Phi) is 8.21. The molecule has 0 spiro atoms. The Bertz CT molecular complexity index is 811. The van der Waals surface area contributed by atoms with Crippen LogP contribution in [-0.4, -0.2) is 22.4 Å². The quantitative estimate of drug-likeness (QED) is 0.508. The predicted octanol–water partition coefficient (Wildman–Crippen LogP) is 7.19. The number of hydrogen-bond donors (Lipinski definition) is 1. The summed E-state index contributed by atoms with van der Waals surface area (Å²) in [7, 11) is 0. The molecule has 3 nitrogen and oxygen atoms in total. The molecule has 0 atom stereocenters. The Morgan fingerprint density at radius 1 is 1.07 bits per heavy atom. The minimum atomic E-state index is -0.922. The van der Waals surface area contributed by atoms with Crippen molar-refractivity contribution in [2.24, 2.45) is 0 Å². The van der Waals surface area contributed by atoms with Gasteiger partial charge in [0.15, 0.2) is 0 Å². The molecule has 1 aliphatic heterocycles. The molecular weight excluding hydrogens is 380 g/mol. The van der Waals surface area contributed by atoms with Crippen LogP contribution < -0.4 is 4.74 Å². The molecule has 0 unspecified atom stereocenters. The largest absolute Gasteiger partial charge is 0.494 e. The van der Waals surface area contributed by atoms with Crippen LogP contribution in [0.5, 0.6) is 5.75 Å². The molecular formula is C25H34O3S. The molecule has 0 amide bonds.